The first-order chi connectivity index (χ1) is 10.2. The zero-order valence-corrected chi connectivity index (χ0v) is 14.5. The highest BCUT2D eigenvalue weighted by Crippen LogP contribution is 2.19. The van der Waals surface area contributed by atoms with Gasteiger partial charge in [0, 0.05) is 44.3 Å². The van der Waals surface area contributed by atoms with E-state index in [1.807, 2.05) is 40.7 Å². The monoisotopic (exact) mass is 413 g/mol. The molecule has 0 aliphatic carbocycles. The number of carbonyl (C=O) groups excluding carboxylic acids is 1. The first-order valence-corrected chi connectivity index (χ1v) is 8.84. The summed E-state index contributed by atoms with van der Waals surface area (Å²) < 4.78 is 1.16. The Balaban J connectivity index is 1.54. The Hall–Kier alpha value is -0.990. The van der Waals surface area contributed by atoms with E-state index in [4.69, 9.17) is 0 Å². The van der Waals surface area contributed by atoms with Gasteiger partial charge in [0.05, 0.1) is 14.1 Å². The molecule has 0 N–H and O–H groups in total. The van der Waals surface area contributed by atoms with Gasteiger partial charge in [-0.05, 0) is 40.8 Å². The van der Waals surface area contributed by atoms with E-state index in [-0.39, 0.29) is 5.91 Å². The van der Waals surface area contributed by atoms with Crippen LogP contribution in [0.5, 0.6) is 0 Å². The molecule has 0 unspecified atom stereocenters. The van der Waals surface area contributed by atoms with Crippen LogP contribution in [-0.2, 0) is 6.54 Å². The van der Waals surface area contributed by atoms with Crippen molar-refractivity contribution in [3.63, 3.8) is 0 Å². The number of halogens is 1. The van der Waals surface area contributed by atoms with Crippen molar-refractivity contribution in [2.24, 2.45) is 0 Å². The summed E-state index contributed by atoms with van der Waals surface area (Å²) >= 11 is 3.87. The van der Waals surface area contributed by atoms with Crippen LogP contribution < -0.4 is 0 Å². The first-order valence-electron chi connectivity index (χ1n) is 6.88. The summed E-state index contributed by atoms with van der Waals surface area (Å²) in [7, 11) is 0. The molecule has 0 saturated carbocycles. The molecule has 1 aliphatic heterocycles. The van der Waals surface area contributed by atoms with Crippen molar-refractivity contribution in [2.75, 3.05) is 26.2 Å². The molecule has 0 atom stereocenters. The summed E-state index contributed by atoms with van der Waals surface area (Å²) in [6.07, 6.45) is 1.83. The van der Waals surface area contributed by atoms with Crippen LogP contribution in [0.2, 0.25) is 0 Å². The number of carbonyl (C=O) groups is 1. The number of amides is 1. The second-order valence-electron chi connectivity index (χ2n) is 5.03. The minimum atomic E-state index is 0.159. The Morgan fingerprint density at radius 1 is 1.29 bits per heavy atom. The quantitative estimate of drug-likeness (QED) is 0.727. The number of aromatic nitrogens is 1. The van der Waals surface area contributed by atoms with Crippen LogP contribution >= 0.6 is 33.9 Å². The van der Waals surface area contributed by atoms with Crippen LogP contribution in [-0.4, -0.2) is 46.9 Å². The third kappa shape index (κ3) is 3.81. The summed E-state index contributed by atoms with van der Waals surface area (Å²) in [6, 6.07) is 7.96. The average Bonchev–Trinajstić information content (AvgIpc) is 2.95. The van der Waals surface area contributed by atoms with Gasteiger partial charge >= 0.3 is 0 Å². The highest BCUT2D eigenvalue weighted by molar-refractivity contribution is 14.1. The van der Waals surface area contributed by atoms with Crippen LogP contribution in [0, 0.1) is 2.88 Å². The predicted octanol–water partition coefficient (Wildman–Crippen LogP) is 2.71. The molecule has 6 heteroatoms. The largest absolute Gasteiger partial charge is 0.336 e. The maximum absolute atomic E-state index is 12.4. The van der Waals surface area contributed by atoms with E-state index in [2.05, 4.69) is 32.5 Å². The second-order valence-corrected chi connectivity index (χ2v) is 7.83. The minimum Gasteiger partial charge on any atom is -0.336 e. The molecule has 1 saturated heterocycles. The van der Waals surface area contributed by atoms with Gasteiger partial charge in [-0.3, -0.25) is 14.7 Å². The Kier molecular flexibility index (Phi) is 4.87. The molecule has 0 radical (unpaired) electrons. The molecule has 2 aromatic heterocycles. The minimum absolute atomic E-state index is 0.159. The van der Waals surface area contributed by atoms with E-state index in [0.717, 1.165) is 46.9 Å². The third-order valence-electron chi connectivity index (χ3n) is 3.59. The van der Waals surface area contributed by atoms with Crippen LogP contribution in [0.15, 0.2) is 35.8 Å². The molecule has 3 heterocycles. The number of pyridine rings is 1. The molecule has 3 rings (SSSR count). The average molecular weight is 413 g/mol. The Labute approximate surface area is 141 Å². The lowest BCUT2D eigenvalue weighted by Crippen LogP contribution is -2.48. The summed E-state index contributed by atoms with van der Waals surface area (Å²) in [6.45, 7) is 4.25. The zero-order chi connectivity index (χ0) is 14.7. The molecule has 0 bridgehead atoms. The van der Waals surface area contributed by atoms with Gasteiger partial charge in [-0.1, -0.05) is 6.07 Å². The predicted molar refractivity (Wildman–Crippen MR) is 92.5 cm³/mol. The fraction of sp³-hybridized carbons (Fsp3) is 0.333. The van der Waals surface area contributed by atoms with Gasteiger partial charge in [-0.15, -0.1) is 11.3 Å². The topological polar surface area (TPSA) is 36.4 Å². The Morgan fingerprint density at radius 3 is 2.71 bits per heavy atom. The molecule has 1 aliphatic rings. The van der Waals surface area contributed by atoms with Crippen molar-refractivity contribution in [3.05, 3.63) is 50.0 Å². The first kappa shape index (κ1) is 14.9. The van der Waals surface area contributed by atoms with E-state index in [1.54, 1.807) is 11.3 Å². The van der Waals surface area contributed by atoms with E-state index in [9.17, 15) is 4.79 Å². The highest BCUT2D eigenvalue weighted by Gasteiger charge is 2.22. The summed E-state index contributed by atoms with van der Waals surface area (Å²) in [5.41, 5.74) is 1.91. The summed E-state index contributed by atoms with van der Waals surface area (Å²) in [5, 5.41) is 1.95. The van der Waals surface area contributed by atoms with Crippen LogP contribution in [0.3, 0.4) is 0 Å². The molecular weight excluding hydrogens is 397 g/mol. The second kappa shape index (κ2) is 6.85. The Morgan fingerprint density at radius 2 is 2.10 bits per heavy atom. The molecule has 110 valence electrons. The zero-order valence-electron chi connectivity index (χ0n) is 11.5. The van der Waals surface area contributed by atoms with Gasteiger partial charge in [-0.25, -0.2) is 0 Å². The lowest BCUT2D eigenvalue weighted by Gasteiger charge is -2.34. The van der Waals surface area contributed by atoms with Crippen LogP contribution in [0.25, 0.3) is 0 Å². The van der Waals surface area contributed by atoms with Gasteiger partial charge in [0.2, 0.25) is 0 Å². The number of hydrogen-bond donors (Lipinski definition) is 0. The molecule has 1 amide bonds. The summed E-state index contributed by atoms with van der Waals surface area (Å²) in [5.74, 6) is 0.159. The molecule has 2 aromatic rings. The van der Waals surface area contributed by atoms with Gasteiger partial charge in [0.1, 0.15) is 0 Å². The fourth-order valence-electron chi connectivity index (χ4n) is 2.43. The van der Waals surface area contributed by atoms with Crippen molar-refractivity contribution in [3.8, 4) is 0 Å². The van der Waals surface area contributed by atoms with Crippen molar-refractivity contribution in [1.29, 1.82) is 0 Å². The van der Waals surface area contributed by atoms with E-state index in [0.29, 0.717) is 0 Å². The van der Waals surface area contributed by atoms with Gasteiger partial charge in [-0.2, -0.15) is 0 Å². The van der Waals surface area contributed by atoms with Gasteiger partial charge in [0.15, 0.2) is 0 Å². The number of rotatable bonds is 3. The summed E-state index contributed by atoms with van der Waals surface area (Å²) in [4.78, 5) is 21.0. The van der Waals surface area contributed by atoms with Gasteiger partial charge < -0.3 is 4.90 Å². The van der Waals surface area contributed by atoms with Crippen LogP contribution in [0.1, 0.15) is 16.1 Å². The van der Waals surface area contributed by atoms with Crippen LogP contribution in [0.4, 0.5) is 0 Å². The molecule has 1 fully saturated rings. The number of piperazine rings is 1. The maximum Gasteiger partial charge on any atom is 0.254 e. The van der Waals surface area contributed by atoms with E-state index >= 15 is 0 Å². The third-order valence-corrected chi connectivity index (χ3v) is 5.37. The standard InChI is InChI=1S/C15H16IN3OS/c16-14-9-12(11-21-14)15(20)19-7-5-18(6-8-19)10-13-3-1-2-4-17-13/h1-4,9,11H,5-8,10H2. The Bertz CT molecular complexity index is 608. The highest BCUT2D eigenvalue weighted by atomic mass is 127. The molecule has 4 nitrogen and oxygen atoms in total. The van der Waals surface area contributed by atoms with Crippen molar-refractivity contribution in [1.82, 2.24) is 14.8 Å². The van der Waals surface area contributed by atoms with Crippen molar-refractivity contribution >= 4 is 39.8 Å². The van der Waals surface area contributed by atoms with E-state index < -0.39 is 0 Å². The molecule has 0 spiro atoms. The van der Waals surface area contributed by atoms with Gasteiger partial charge in [0.25, 0.3) is 5.91 Å². The lowest BCUT2D eigenvalue weighted by atomic mass is 10.2. The normalized spacial score (nSPS) is 16.1. The van der Waals surface area contributed by atoms with E-state index in [1.165, 1.54) is 0 Å². The fourth-order valence-corrected chi connectivity index (χ4v) is 3.75. The van der Waals surface area contributed by atoms with Crippen molar-refractivity contribution < 1.29 is 4.79 Å². The maximum atomic E-state index is 12.4. The molecule has 0 aromatic carbocycles. The number of nitrogens with zero attached hydrogens (tertiary/aromatic N) is 3. The van der Waals surface area contributed by atoms with Crippen molar-refractivity contribution in [2.45, 2.75) is 6.54 Å². The number of hydrogen-bond acceptors (Lipinski definition) is 4. The SMILES string of the molecule is O=C(c1csc(I)c1)N1CCN(Cc2ccccn2)CC1. The smallest absolute Gasteiger partial charge is 0.254 e. The molecular formula is C15H16IN3OS. The molecule has 21 heavy (non-hydrogen) atoms. The lowest BCUT2D eigenvalue weighted by molar-refractivity contribution is 0.0627. The number of thiophene rings is 1.